The van der Waals surface area contributed by atoms with Gasteiger partial charge in [0.25, 0.3) is 0 Å². The number of nitrogens with zero attached hydrogens (tertiary/aromatic N) is 6. The summed E-state index contributed by atoms with van der Waals surface area (Å²) in [6.07, 6.45) is 8.59. The van der Waals surface area contributed by atoms with Crippen molar-refractivity contribution in [3.8, 4) is 5.75 Å². The van der Waals surface area contributed by atoms with Gasteiger partial charge in [-0.05, 0) is 98.4 Å². The van der Waals surface area contributed by atoms with Gasteiger partial charge in [-0.1, -0.05) is 98.8 Å². The molecule has 2 aromatic heterocycles. The Hall–Kier alpha value is -4.66. The molecule has 17 heteroatoms. The van der Waals surface area contributed by atoms with E-state index < -0.39 is 38.4 Å². The maximum atomic E-state index is 13.0. The molecule has 0 saturated heterocycles. The van der Waals surface area contributed by atoms with Crippen molar-refractivity contribution in [3.05, 3.63) is 162 Å². The molecule has 0 bridgehead atoms. The molecule has 2 heterocycles. The minimum Gasteiger partial charge on any atom is -0.508 e. The summed E-state index contributed by atoms with van der Waals surface area (Å²) in [5.74, 6) is 0.308. The zero-order valence-corrected chi connectivity index (χ0v) is 42.3. The number of aliphatic hydroxyl groups is 3. The van der Waals surface area contributed by atoms with Crippen LogP contribution in [0, 0.1) is 5.92 Å². The first-order chi connectivity index (χ1) is 32.3. The molecule has 15 nitrogen and oxygen atoms in total. The highest BCUT2D eigenvalue weighted by Crippen LogP contribution is 2.18. The molecule has 0 spiro atoms. The monoisotopic (exact) mass is 978 g/mol. The molecular weight excluding hydrogens is 903 g/mol. The molecule has 0 aliphatic heterocycles. The van der Waals surface area contributed by atoms with Crippen LogP contribution < -0.4 is 5.32 Å². The summed E-state index contributed by atoms with van der Waals surface area (Å²) < 4.78 is 52.9. The summed E-state index contributed by atoms with van der Waals surface area (Å²) in [4.78, 5) is 12.2. The molecule has 5 aromatic rings. The third kappa shape index (κ3) is 24.1. The second-order valence-corrected chi connectivity index (χ2v) is 21.5. The Labute approximate surface area is 406 Å². The number of benzene rings is 3. The molecule has 0 radical (unpaired) electrons. The van der Waals surface area contributed by atoms with Crippen molar-refractivity contribution < 1.29 is 37.3 Å². The average Bonchev–Trinajstić information content (AvgIpc) is 3.30. The molecule has 0 amide bonds. The van der Waals surface area contributed by atoms with Gasteiger partial charge in [0, 0.05) is 83.7 Å². The molecule has 5 N–H and O–H groups in total. The van der Waals surface area contributed by atoms with Gasteiger partial charge in [0.1, 0.15) is 5.75 Å². The highest BCUT2D eigenvalue weighted by molar-refractivity contribution is 7.88. The number of aromatic hydroxyl groups is 1. The third-order valence-corrected chi connectivity index (χ3v) is 13.7. The van der Waals surface area contributed by atoms with Gasteiger partial charge in [-0.3, -0.25) is 9.97 Å². The van der Waals surface area contributed by atoms with Gasteiger partial charge in [0.2, 0.25) is 20.0 Å². The zero-order chi connectivity index (χ0) is 50.0. The van der Waals surface area contributed by atoms with Crippen molar-refractivity contribution in [1.29, 1.82) is 0 Å². The number of likely N-dealkylation sites (N-methyl/N-ethyl adjacent to an activating group) is 3. The first kappa shape index (κ1) is 57.7. The Bertz CT molecular complexity index is 2320. The van der Waals surface area contributed by atoms with E-state index in [9.17, 15) is 32.2 Å². The fraction of sp³-hybridized carbons (Fsp3) is 0.451. The summed E-state index contributed by atoms with van der Waals surface area (Å²) in [5, 5.41) is 42.4. The molecule has 2 unspecified atom stereocenters. The van der Waals surface area contributed by atoms with Crippen molar-refractivity contribution in [2.24, 2.45) is 5.92 Å². The summed E-state index contributed by atoms with van der Waals surface area (Å²) >= 11 is 0. The second kappa shape index (κ2) is 30.7. The maximum Gasteiger partial charge on any atom is 0.218 e. The lowest BCUT2D eigenvalue weighted by atomic mass is 10.1. The first-order valence-electron chi connectivity index (χ1n) is 23.0. The summed E-state index contributed by atoms with van der Waals surface area (Å²) in [6.45, 7) is 7.78. The van der Waals surface area contributed by atoms with Crippen LogP contribution >= 0.6 is 0 Å². The van der Waals surface area contributed by atoms with Crippen molar-refractivity contribution in [1.82, 2.24) is 33.7 Å². The summed E-state index contributed by atoms with van der Waals surface area (Å²) in [5.41, 5.74) is 4.84. The van der Waals surface area contributed by atoms with Crippen molar-refractivity contribution in [2.75, 3.05) is 86.3 Å². The van der Waals surface area contributed by atoms with E-state index in [1.165, 1.54) is 14.9 Å². The minimum atomic E-state index is -3.51. The van der Waals surface area contributed by atoms with E-state index in [2.05, 4.69) is 15.3 Å². The van der Waals surface area contributed by atoms with Crippen LogP contribution in [0.1, 0.15) is 47.8 Å². The Morgan fingerprint density at radius 1 is 0.588 bits per heavy atom. The van der Waals surface area contributed by atoms with Crippen LogP contribution in [0.5, 0.6) is 5.75 Å². The van der Waals surface area contributed by atoms with Gasteiger partial charge >= 0.3 is 0 Å². The number of phenolic OH excluding ortho intramolecular Hbond substituents is 1. The third-order valence-electron chi connectivity index (χ3n) is 10.7. The van der Waals surface area contributed by atoms with E-state index in [1.54, 1.807) is 43.7 Å². The van der Waals surface area contributed by atoms with E-state index in [0.29, 0.717) is 39.1 Å². The Balaban J connectivity index is 0.000000292. The van der Waals surface area contributed by atoms with Crippen LogP contribution in [0.4, 0.5) is 0 Å². The van der Waals surface area contributed by atoms with Crippen LogP contribution in [0.3, 0.4) is 0 Å². The topological polar surface area (TPSA) is 200 Å². The SMILES string of the molecule is CC(C)CN(CC(O)CN(C)CCc1cccnc1)S(=O)(=O)Cc1ccccc1.CN(CCc1cccnc1)CC(O)CN(CCc1ccccc1)S(C)(=O)=O.CNC[C@H](O)c1cccc(O)c1. The fourth-order valence-corrected chi connectivity index (χ4v) is 9.73. The highest BCUT2D eigenvalue weighted by atomic mass is 32.2. The van der Waals surface area contributed by atoms with E-state index >= 15 is 0 Å². The van der Waals surface area contributed by atoms with E-state index in [0.717, 1.165) is 53.7 Å². The first-order valence-corrected chi connectivity index (χ1v) is 26.4. The minimum absolute atomic E-state index is 0.0515. The number of pyridine rings is 2. The smallest absolute Gasteiger partial charge is 0.218 e. The second-order valence-electron chi connectivity index (χ2n) is 17.5. The normalized spacial score (nSPS) is 13.2. The Morgan fingerprint density at radius 3 is 1.53 bits per heavy atom. The molecule has 68 heavy (non-hydrogen) atoms. The quantitative estimate of drug-likeness (QED) is 0.0521. The molecule has 3 aromatic carbocycles. The average molecular weight is 978 g/mol. The molecule has 0 aliphatic rings. The number of phenols is 1. The van der Waals surface area contributed by atoms with Crippen LogP contribution in [-0.2, 0) is 45.1 Å². The molecule has 0 fully saturated rings. The van der Waals surface area contributed by atoms with Gasteiger partial charge in [0.15, 0.2) is 0 Å². The van der Waals surface area contributed by atoms with Gasteiger partial charge in [0.05, 0.1) is 30.3 Å². The molecule has 5 rings (SSSR count). The zero-order valence-electron chi connectivity index (χ0n) is 40.6. The van der Waals surface area contributed by atoms with Gasteiger partial charge in [-0.25, -0.2) is 16.8 Å². The van der Waals surface area contributed by atoms with E-state index in [1.807, 2.05) is 135 Å². The van der Waals surface area contributed by atoms with E-state index in [-0.39, 0.29) is 30.5 Å². The van der Waals surface area contributed by atoms with Gasteiger partial charge in [-0.2, -0.15) is 8.61 Å². The summed E-state index contributed by atoms with van der Waals surface area (Å²) in [6, 6.07) is 33.4. The van der Waals surface area contributed by atoms with Crippen LogP contribution in [0.25, 0.3) is 0 Å². The van der Waals surface area contributed by atoms with Crippen LogP contribution in [0.2, 0.25) is 0 Å². The predicted molar refractivity (Wildman–Crippen MR) is 272 cm³/mol. The fourth-order valence-electron chi connectivity index (χ4n) is 7.14. The largest absolute Gasteiger partial charge is 0.508 e. The van der Waals surface area contributed by atoms with Crippen LogP contribution in [-0.4, -0.2) is 164 Å². The standard InChI is InChI=1S/C22H33N3O3S.C20H29N3O3S.C9H13NO2/c1-19(2)15-25(29(27,28)18-21-8-5-4-6-9-21)17-22(26)16-24(3)13-11-20-10-7-12-23-14-20;1-22(13-10-19-9-6-12-21-15-19)16-20(24)17-23(27(2,25)26)14-11-18-7-4-3-5-8-18;1-10-6-9(12)7-3-2-4-8(11)5-7/h4-10,12,14,19,22,26H,11,13,15-18H2,1-3H3;3-9,12,15,20,24H,10-11,13-14,16-17H2,1-2H3;2-5,9-12H,6H2,1H3/t;;9-/m..0/s1. The van der Waals surface area contributed by atoms with Crippen molar-refractivity contribution in [3.63, 3.8) is 0 Å². The maximum absolute atomic E-state index is 13.0. The lowest BCUT2D eigenvalue weighted by molar-refractivity contribution is 0.103. The number of aromatic nitrogens is 2. The molecule has 0 saturated carbocycles. The van der Waals surface area contributed by atoms with Crippen molar-refractivity contribution >= 4 is 20.0 Å². The predicted octanol–water partition coefficient (Wildman–Crippen LogP) is 4.47. The Morgan fingerprint density at radius 2 is 1.07 bits per heavy atom. The van der Waals surface area contributed by atoms with Crippen molar-refractivity contribution in [2.45, 2.75) is 57.2 Å². The molecular formula is C51H75N7O8S2. The number of sulfonamides is 2. The number of aliphatic hydroxyl groups excluding tert-OH is 3. The van der Waals surface area contributed by atoms with Gasteiger partial charge in [-0.15, -0.1) is 0 Å². The molecule has 374 valence electrons. The summed E-state index contributed by atoms with van der Waals surface area (Å²) in [7, 11) is -1.25. The number of rotatable bonds is 26. The van der Waals surface area contributed by atoms with E-state index in [4.69, 9.17) is 5.11 Å². The number of nitrogens with one attached hydrogen (secondary N) is 1. The van der Waals surface area contributed by atoms with Crippen LogP contribution in [0.15, 0.2) is 134 Å². The Kier molecular flexibility index (Phi) is 26.1. The number of hydrogen-bond acceptors (Lipinski definition) is 13. The number of hydrogen-bond donors (Lipinski definition) is 5. The van der Waals surface area contributed by atoms with Gasteiger partial charge < -0.3 is 35.5 Å². The molecule has 0 aliphatic carbocycles. The highest BCUT2D eigenvalue weighted by Gasteiger charge is 2.26. The lowest BCUT2D eigenvalue weighted by Gasteiger charge is -2.28. The lowest BCUT2D eigenvalue weighted by Crippen LogP contribution is -2.44. The molecule has 3 atom stereocenters.